The average molecular weight is 268 g/mol. The van der Waals surface area contributed by atoms with E-state index in [1.165, 1.54) is 0 Å². The van der Waals surface area contributed by atoms with Gasteiger partial charge in [-0.3, -0.25) is 4.79 Å². The highest BCUT2D eigenvalue weighted by Crippen LogP contribution is 2.19. The summed E-state index contributed by atoms with van der Waals surface area (Å²) in [6.45, 7) is 3.96. The number of carbonyl (C=O) groups is 1. The van der Waals surface area contributed by atoms with Gasteiger partial charge in [0.25, 0.3) is 0 Å². The van der Waals surface area contributed by atoms with E-state index in [1.54, 1.807) is 0 Å². The van der Waals surface area contributed by atoms with Crippen LogP contribution in [0.5, 0.6) is 0 Å². The quantitative estimate of drug-likeness (QED) is 0.837. The van der Waals surface area contributed by atoms with Gasteiger partial charge in [-0.25, -0.2) is 0 Å². The van der Waals surface area contributed by atoms with Gasteiger partial charge in [-0.1, -0.05) is 42.5 Å². The standard InChI is InChI=1S/C17H20N2O/c1-12-7-3-4-8-14(12)11-17(20)19-13(2)15-9-5-6-10-16(15)18/h3-10,13H,11,18H2,1-2H3,(H,19,20). The number of hydrogen-bond donors (Lipinski definition) is 2. The number of nitrogen functional groups attached to an aromatic ring is 1. The predicted octanol–water partition coefficient (Wildman–Crippen LogP) is 3.00. The van der Waals surface area contributed by atoms with Gasteiger partial charge in [-0.05, 0) is 36.6 Å². The molecule has 2 aromatic carbocycles. The van der Waals surface area contributed by atoms with Crippen molar-refractivity contribution >= 4 is 11.6 Å². The van der Waals surface area contributed by atoms with Gasteiger partial charge < -0.3 is 11.1 Å². The summed E-state index contributed by atoms with van der Waals surface area (Å²) in [6, 6.07) is 15.4. The first kappa shape index (κ1) is 14.1. The topological polar surface area (TPSA) is 55.1 Å². The van der Waals surface area contributed by atoms with Crippen LogP contribution in [-0.2, 0) is 11.2 Å². The second kappa shape index (κ2) is 6.24. The lowest BCUT2D eigenvalue weighted by Crippen LogP contribution is -2.28. The van der Waals surface area contributed by atoms with Crippen molar-refractivity contribution in [3.63, 3.8) is 0 Å². The van der Waals surface area contributed by atoms with E-state index in [1.807, 2.05) is 62.4 Å². The molecule has 1 atom stereocenters. The normalized spacial score (nSPS) is 11.9. The minimum atomic E-state index is -0.0901. The largest absolute Gasteiger partial charge is 0.398 e. The highest BCUT2D eigenvalue weighted by Gasteiger charge is 2.12. The number of amides is 1. The van der Waals surface area contributed by atoms with Crippen LogP contribution in [0.2, 0.25) is 0 Å². The fourth-order valence-electron chi connectivity index (χ4n) is 2.26. The zero-order valence-corrected chi connectivity index (χ0v) is 11.9. The average Bonchev–Trinajstić information content (AvgIpc) is 2.41. The van der Waals surface area contributed by atoms with Crippen LogP contribution in [0.25, 0.3) is 0 Å². The zero-order valence-electron chi connectivity index (χ0n) is 11.9. The third-order valence-corrected chi connectivity index (χ3v) is 3.45. The smallest absolute Gasteiger partial charge is 0.224 e. The van der Waals surface area contributed by atoms with E-state index in [2.05, 4.69) is 5.32 Å². The molecule has 0 fully saturated rings. The lowest BCUT2D eigenvalue weighted by Gasteiger charge is -2.16. The number of anilines is 1. The molecule has 1 amide bonds. The number of nitrogens with two attached hydrogens (primary N) is 1. The zero-order chi connectivity index (χ0) is 14.5. The highest BCUT2D eigenvalue weighted by molar-refractivity contribution is 5.79. The van der Waals surface area contributed by atoms with Crippen LogP contribution < -0.4 is 11.1 Å². The van der Waals surface area contributed by atoms with Crippen LogP contribution in [-0.4, -0.2) is 5.91 Å². The van der Waals surface area contributed by atoms with Crippen molar-refractivity contribution in [1.29, 1.82) is 0 Å². The third kappa shape index (κ3) is 3.38. The summed E-state index contributed by atoms with van der Waals surface area (Å²) in [5.74, 6) is 0.00931. The summed E-state index contributed by atoms with van der Waals surface area (Å²) < 4.78 is 0. The van der Waals surface area contributed by atoms with Crippen LogP contribution >= 0.6 is 0 Å². The number of nitrogens with one attached hydrogen (secondary N) is 1. The molecule has 3 heteroatoms. The fraction of sp³-hybridized carbons (Fsp3) is 0.235. The molecular formula is C17H20N2O. The van der Waals surface area contributed by atoms with E-state index in [4.69, 9.17) is 5.73 Å². The Bertz CT molecular complexity index is 607. The Kier molecular flexibility index (Phi) is 4.41. The lowest BCUT2D eigenvalue weighted by atomic mass is 10.0. The second-order valence-corrected chi connectivity index (χ2v) is 5.02. The summed E-state index contributed by atoms with van der Waals surface area (Å²) in [5, 5.41) is 2.99. The van der Waals surface area contributed by atoms with Crippen molar-refractivity contribution in [1.82, 2.24) is 5.32 Å². The SMILES string of the molecule is Cc1ccccc1CC(=O)NC(C)c1ccccc1N. The van der Waals surface area contributed by atoms with E-state index in [0.717, 1.165) is 16.7 Å². The number of carbonyl (C=O) groups excluding carboxylic acids is 1. The van der Waals surface area contributed by atoms with Crippen molar-refractivity contribution in [3.05, 3.63) is 65.2 Å². The molecule has 104 valence electrons. The molecule has 0 aliphatic carbocycles. The van der Waals surface area contributed by atoms with Gasteiger partial charge in [-0.2, -0.15) is 0 Å². The van der Waals surface area contributed by atoms with Crippen molar-refractivity contribution < 1.29 is 4.79 Å². The van der Waals surface area contributed by atoms with Crippen LogP contribution in [0.1, 0.15) is 29.7 Å². The maximum absolute atomic E-state index is 12.1. The summed E-state index contributed by atoms with van der Waals surface area (Å²) in [6.07, 6.45) is 0.393. The van der Waals surface area contributed by atoms with Crippen molar-refractivity contribution in [2.24, 2.45) is 0 Å². The molecule has 2 rings (SSSR count). The molecule has 0 heterocycles. The molecule has 0 saturated carbocycles. The first-order valence-electron chi connectivity index (χ1n) is 6.76. The number of para-hydroxylation sites is 1. The lowest BCUT2D eigenvalue weighted by molar-refractivity contribution is -0.121. The fourth-order valence-corrected chi connectivity index (χ4v) is 2.26. The molecule has 1 unspecified atom stereocenters. The van der Waals surface area contributed by atoms with Gasteiger partial charge in [0.2, 0.25) is 5.91 Å². The minimum Gasteiger partial charge on any atom is -0.398 e. The number of aryl methyl sites for hydroxylation is 1. The predicted molar refractivity (Wildman–Crippen MR) is 82.3 cm³/mol. The Labute approximate surface area is 119 Å². The van der Waals surface area contributed by atoms with Crippen LogP contribution in [0.4, 0.5) is 5.69 Å². The van der Waals surface area contributed by atoms with Crippen LogP contribution in [0.3, 0.4) is 0 Å². The van der Waals surface area contributed by atoms with Crippen LogP contribution in [0, 0.1) is 6.92 Å². The number of benzene rings is 2. The van der Waals surface area contributed by atoms with Crippen molar-refractivity contribution in [2.45, 2.75) is 26.3 Å². The van der Waals surface area contributed by atoms with Crippen molar-refractivity contribution in [3.8, 4) is 0 Å². The molecule has 3 N–H and O–H groups in total. The van der Waals surface area contributed by atoms with Gasteiger partial charge in [-0.15, -0.1) is 0 Å². The molecule has 0 aromatic heterocycles. The summed E-state index contributed by atoms with van der Waals surface area (Å²) in [4.78, 5) is 12.1. The van der Waals surface area contributed by atoms with E-state index in [0.29, 0.717) is 12.1 Å². The highest BCUT2D eigenvalue weighted by atomic mass is 16.1. The van der Waals surface area contributed by atoms with Gasteiger partial charge in [0.15, 0.2) is 0 Å². The first-order valence-corrected chi connectivity index (χ1v) is 6.76. The first-order chi connectivity index (χ1) is 9.58. The molecule has 3 nitrogen and oxygen atoms in total. The molecule has 0 saturated heterocycles. The van der Waals surface area contributed by atoms with E-state index < -0.39 is 0 Å². The Morgan fingerprint density at radius 1 is 1.15 bits per heavy atom. The molecule has 0 bridgehead atoms. The summed E-state index contributed by atoms with van der Waals surface area (Å²) in [7, 11) is 0. The minimum absolute atomic E-state index is 0.00931. The molecule has 20 heavy (non-hydrogen) atoms. The molecular weight excluding hydrogens is 248 g/mol. The molecule has 0 aliphatic heterocycles. The van der Waals surface area contributed by atoms with E-state index >= 15 is 0 Å². The van der Waals surface area contributed by atoms with Gasteiger partial charge in [0.1, 0.15) is 0 Å². The number of hydrogen-bond acceptors (Lipinski definition) is 2. The van der Waals surface area contributed by atoms with E-state index in [9.17, 15) is 4.79 Å². The maximum atomic E-state index is 12.1. The molecule has 2 aromatic rings. The monoisotopic (exact) mass is 268 g/mol. The Balaban J connectivity index is 2.02. The molecule has 0 spiro atoms. The van der Waals surface area contributed by atoms with Crippen LogP contribution in [0.15, 0.2) is 48.5 Å². The molecule has 0 radical (unpaired) electrons. The second-order valence-electron chi connectivity index (χ2n) is 5.02. The Hall–Kier alpha value is -2.29. The van der Waals surface area contributed by atoms with E-state index in [-0.39, 0.29) is 11.9 Å². The Morgan fingerprint density at radius 3 is 2.50 bits per heavy atom. The summed E-state index contributed by atoms with van der Waals surface area (Å²) >= 11 is 0. The number of rotatable bonds is 4. The van der Waals surface area contributed by atoms with Gasteiger partial charge in [0.05, 0.1) is 12.5 Å². The molecule has 0 aliphatic rings. The maximum Gasteiger partial charge on any atom is 0.224 e. The summed E-state index contributed by atoms with van der Waals surface area (Å²) in [5.41, 5.74) is 9.76. The van der Waals surface area contributed by atoms with Gasteiger partial charge >= 0.3 is 0 Å². The van der Waals surface area contributed by atoms with Gasteiger partial charge in [0, 0.05) is 5.69 Å². The third-order valence-electron chi connectivity index (χ3n) is 3.45. The van der Waals surface area contributed by atoms with Crippen molar-refractivity contribution in [2.75, 3.05) is 5.73 Å². The Morgan fingerprint density at radius 2 is 1.80 bits per heavy atom.